The third-order valence-electron chi connectivity index (χ3n) is 2.36. The highest BCUT2D eigenvalue weighted by Crippen LogP contribution is 2.16. The number of nitrogens with zero attached hydrogens (tertiary/aromatic N) is 2. The number of nitrogens with two attached hydrogens (primary N) is 1. The number of hydrogen-bond acceptors (Lipinski definition) is 4. The van der Waals surface area contributed by atoms with Crippen molar-refractivity contribution in [1.29, 1.82) is 0 Å². The standard InChI is InChI=1S/C9H12N4O3S/c1-12(2)17(15,16)13-8-5-6(10)3-4-7(8)11-9(13)14/h3-5H,10H2,1-2H3,(H,11,14). The van der Waals surface area contributed by atoms with Crippen LogP contribution >= 0.6 is 0 Å². The number of imidazole rings is 1. The molecule has 0 bridgehead atoms. The van der Waals surface area contributed by atoms with Crippen LogP contribution in [0.5, 0.6) is 0 Å². The summed E-state index contributed by atoms with van der Waals surface area (Å²) in [6.07, 6.45) is 0. The van der Waals surface area contributed by atoms with E-state index in [0.29, 0.717) is 15.2 Å². The first-order valence-corrected chi connectivity index (χ1v) is 6.17. The molecule has 2 aromatic rings. The summed E-state index contributed by atoms with van der Waals surface area (Å²) >= 11 is 0. The van der Waals surface area contributed by atoms with E-state index in [-0.39, 0.29) is 5.52 Å². The topological polar surface area (TPSA) is 101 Å². The fourth-order valence-electron chi connectivity index (χ4n) is 1.49. The van der Waals surface area contributed by atoms with Crippen LogP contribution in [0.15, 0.2) is 23.0 Å². The van der Waals surface area contributed by atoms with E-state index < -0.39 is 15.9 Å². The predicted octanol–water partition coefficient (Wildman–Crippen LogP) is -0.434. The molecule has 0 aliphatic rings. The van der Waals surface area contributed by atoms with E-state index in [1.54, 1.807) is 12.1 Å². The van der Waals surface area contributed by atoms with Crippen molar-refractivity contribution < 1.29 is 8.42 Å². The van der Waals surface area contributed by atoms with Crippen molar-refractivity contribution in [1.82, 2.24) is 13.3 Å². The van der Waals surface area contributed by atoms with Gasteiger partial charge >= 0.3 is 15.9 Å². The normalized spacial score (nSPS) is 12.4. The Labute approximate surface area is 97.6 Å². The van der Waals surface area contributed by atoms with Gasteiger partial charge in [-0.15, -0.1) is 0 Å². The van der Waals surface area contributed by atoms with E-state index in [4.69, 9.17) is 5.73 Å². The Hall–Kier alpha value is -1.80. The van der Waals surface area contributed by atoms with Gasteiger partial charge in [-0.3, -0.25) is 0 Å². The molecule has 2 rings (SSSR count). The lowest BCUT2D eigenvalue weighted by Crippen LogP contribution is -2.35. The van der Waals surface area contributed by atoms with Crippen LogP contribution in [-0.4, -0.2) is 35.8 Å². The van der Waals surface area contributed by atoms with Crippen LogP contribution in [0.1, 0.15) is 0 Å². The maximum atomic E-state index is 12.0. The molecule has 0 saturated heterocycles. The summed E-state index contributed by atoms with van der Waals surface area (Å²) in [7, 11) is -1.15. The van der Waals surface area contributed by atoms with Crippen LogP contribution < -0.4 is 11.4 Å². The molecule has 0 aliphatic carbocycles. The lowest BCUT2D eigenvalue weighted by atomic mass is 10.3. The van der Waals surface area contributed by atoms with Crippen molar-refractivity contribution in [2.75, 3.05) is 19.8 Å². The van der Waals surface area contributed by atoms with E-state index in [2.05, 4.69) is 4.98 Å². The van der Waals surface area contributed by atoms with Gasteiger partial charge < -0.3 is 10.7 Å². The number of aromatic amines is 1. The number of benzene rings is 1. The summed E-state index contributed by atoms with van der Waals surface area (Å²) in [5.41, 5.74) is 5.93. The third-order valence-corrected chi connectivity index (χ3v) is 4.11. The number of rotatable bonds is 2. The minimum absolute atomic E-state index is 0.240. The minimum Gasteiger partial charge on any atom is -0.399 e. The van der Waals surface area contributed by atoms with Crippen molar-refractivity contribution in [3.63, 3.8) is 0 Å². The highest BCUT2D eigenvalue weighted by Gasteiger charge is 2.22. The monoisotopic (exact) mass is 256 g/mol. The fraction of sp³-hybridized carbons (Fsp3) is 0.222. The van der Waals surface area contributed by atoms with Gasteiger partial charge in [0.25, 0.3) is 0 Å². The molecular formula is C9H12N4O3S. The average Bonchev–Trinajstić information content (AvgIpc) is 2.53. The Bertz CT molecular complexity index is 726. The number of aromatic nitrogens is 2. The van der Waals surface area contributed by atoms with E-state index in [1.807, 2.05) is 0 Å². The van der Waals surface area contributed by atoms with Crippen LogP contribution in [0.25, 0.3) is 11.0 Å². The van der Waals surface area contributed by atoms with Crippen LogP contribution in [0, 0.1) is 0 Å². The van der Waals surface area contributed by atoms with Crippen LogP contribution in [-0.2, 0) is 10.2 Å². The molecule has 8 heteroatoms. The molecule has 1 heterocycles. The molecule has 0 saturated carbocycles. The molecule has 0 fully saturated rings. The lowest BCUT2D eigenvalue weighted by Gasteiger charge is -2.11. The smallest absolute Gasteiger partial charge is 0.341 e. The molecule has 0 spiro atoms. The fourth-order valence-corrected chi connectivity index (χ4v) is 2.47. The van der Waals surface area contributed by atoms with Crippen LogP contribution in [0.4, 0.5) is 5.69 Å². The summed E-state index contributed by atoms with van der Waals surface area (Å²) in [5, 5.41) is 0. The van der Waals surface area contributed by atoms with Gasteiger partial charge in [0, 0.05) is 19.8 Å². The summed E-state index contributed by atoms with van der Waals surface area (Å²) in [5.74, 6) is 0. The zero-order chi connectivity index (χ0) is 12.8. The molecule has 7 nitrogen and oxygen atoms in total. The molecule has 17 heavy (non-hydrogen) atoms. The Morgan fingerprint density at radius 2 is 2.00 bits per heavy atom. The largest absolute Gasteiger partial charge is 0.399 e. The van der Waals surface area contributed by atoms with E-state index in [9.17, 15) is 13.2 Å². The molecule has 1 aromatic heterocycles. The molecular weight excluding hydrogens is 244 g/mol. The molecule has 1 aromatic carbocycles. The third kappa shape index (κ3) is 1.71. The predicted molar refractivity (Wildman–Crippen MR) is 65.0 cm³/mol. The Balaban J connectivity index is 2.91. The summed E-state index contributed by atoms with van der Waals surface area (Å²) in [6, 6.07) is 4.59. The van der Waals surface area contributed by atoms with Crippen LogP contribution in [0.2, 0.25) is 0 Å². The summed E-state index contributed by atoms with van der Waals surface area (Å²) in [6.45, 7) is 0. The Morgan fingerprint density at radius 3 is 2.59 bits per heavy atom. The molecule has 0 amide bonds. The summed E-state index contributed by atoms with van der Waals surface area (Å²) in [4.78, 5) is 14.1. The van der Waals surface area contributed by atoms with Gasteiger partial charge in [0.15, 0.2) is 0 Å². The van der Waals surface area contributed by atoms with E-state index >= 15 is 0 Å². The van der Waals surface area contributed by atoms with Gasteiger partial charge in [0.2, 0.25) is 0 Å². The van der Waals surface area contributed by atoms with Crippen molar-refractivity contribution in [2.45, 2.75) is 0 Å². The van der Waals surface area contributed by atoms with Gasteiger partial charge in [-0.2, -0.15) is 16.7 Å². The van der Waals surface area contributed by atoms with Gasteiger partial charge in [-0.05, 0) is 18.2 Å². The SMILES string of the molecule is CN(C)S(=O)(=O)n1c(=O)[nH]c2ccc(N)cc21. The Kier molecular flexibility index (Phi) is 2.48. The van der Waals surface area contributed by atoms with Gasteiger partial charge in [0.05, 0.1) is 11.0 Å². The van der Waals surface area contributed by atoms with Crippen molar-refractivity contribution >= 4 is 26.9 Å². The minimum atomic E-state index is -3.86. The number of nitrogen functional groups attached to an aromatic ring is 1. The van der Waals surface area contributed by atoms with Gasteiger partial charge in [0.1, 0.15) is 0 Å². The highest BCUT2D eigenvalue weighted by molar-refractivity contribution is 7.87. The maximum absolute atomic E-state index is 12.0. The van der Waals surface area contributed by atoms with Gasteiger partial charge in [-0.25, -0.2) is 4.79 Å². The van der Waals surface area contributed by atoms with Crippen molar-refractivity contribution in [2.24, 2.45) is 0 Å². The zero-order valence-corrected chi connectivity index (χ0v) is 10.2. The second-order valence-electron chi connectivity index (χ2n) is 3.76. The van der Waals surface area contributed by atoms with Gasteiger partial charge in [-0.1, -0.05) is 0 Å². The molecule has 0 aliphatic heterocycles. The lowest BCUT2D eigenvalue weighted by molar-refractivity contribution is 0.510. The quantitative estimate of drug-likeness (QED) is 0.711. The number of anilines is 1. The molecule has 0 unspecified atom stereocenters. The number of hydrogen-bond donors (Lipinski definition) is 2. The second-order valence-corrected chi connectivity index (χ2v) is 5.75. The molecule has 92 valence electrons. The molecule has 3 N–H and O–H groups in total. The molecule has 0 radical (unpaired) electrons. The van der Waals surface area contributed by atoms with Crippen molar-refractivity contribution in [3.05, 3.63) is 28.7 Å². The second kappa shape index (κ2) is 3.60. The Morgan fingerprint density at radius 1 is 1.35 bits per heavy atom. The van der Waals surface area contributed by atoms with E-state index in [1.165, 1.54) is 20.2 Å². The number of nitrogens with one attached hydrogen (secondary N) is 1. The van der Waals surface area contributed by atoms with E-state index in [0.717, 1.165) is 4.31 Å². The highest BCUT2D eigenvalue weighted by atomic mass is 32.2. The number of H-pyrrole nitrogens is 1. The van der Waals surface area contributed by atoms with Crippen LogP contribution in [0.3, 0.4) is 0 Å². The first-order chi connectivity index (χ1) is 7.84. The maximum Gasteiger partial charge on any atom is 0.341 e. The first-order valence-electron chi connectivity index (χ1n) is 4.77. The van der Waals surface area contributed by atoms with Crippen molar-refractivity contribution in [3.8, 4) is 0 Å². The summed E-state index contributed by atoms with van der Waals surface area (Å²) < 4.78 is 25.6. The zero-order valence-electron chi connectivity index (χ0n) is 9.34. The first kappa shape index (κ1) is 11.7. The average molecular weight is 256 g/mol. The molecule has 0 atom stereocenters. The number of fused-ring (bicyclic) bond motifs is 1.